The average Bonchev–Trinajstić information content (AvgIpc) is 2.28. The first-order valence-corrected chi connectivity index (χ1v) is 3.50. The number of nitrogens with zero attached hydrogens (tertiary/aromatic N) is 1. The van der Waals surface area contributed by atoms with Crippen molar-refractivity contribution in [3.63, 3.8) is 0 Å². The fourth-order valence-electron chi connectivity index (χ4n) is 1.03. The SMILES string of the molecule is C1=CNc2ccccc2C=N1.[CaH2]. The molecule has 1 aliphatic heterocycles. The Hall–Kier alpha value is -0.310. The molecule has 12 heavy (non-hydrogen) atoms. The van der Waals surface area contributed by atoms with Crippen molar-refractivity contribution in [1.29, 1.82) is 0 Å². The van der Waals surface area contributed by atoms with Crippen molar-refractivity contribution >= 4 is 49.6 Å². The van der Waals surface area contributed by atoms with E-state index < -0.39 is 0 Å². The third kappa shape index (κ3) is 2.09. The number of hydrogen-bond acceptors (Lipinski definition) is 2. The Labute approximate surface area is 101 Å². The predicted octanol–water partition coefficient (Wildman–Crippen LogP) is 1.09. The molecule has 58 valence electrons. The summed E-state index contributed by atoms with van der Waals surface area (Å²) in [6.07, 6.45) is 5.40. The zero-order valence-corrected chi connectivity index (χ0v) is 5.99. The van der Waals surface area contributed by atoms with Crippen LogP contribution in [0.3, 0.4) is 0 Å². The van der Waals surface area contributed by atoms with E-state index in [2.05, 4.69) is 10.3 Å². The van der Waals surface area contributed by atoms with Crippen LogP contribution in [0.15, 0.2) is 41.7 Å². The molecule has 0 spiro atoms. The molecule has 2 nitrogen and oxygen atoms in total. The Balaban J connectivity index is 0.000000720. The Kier molecular flexibility index (Phi) is 3.79. The van der Waals surface area contributed by atoms with Gasteiger partial charge in [0.15, 0.2) is 0 Å². The summed E-state index contributed by atoms with van der Waals surface area (Å²) < 4.78 is 0. The van der Waals surface area contributed by atoms with Gasteiger partial charge in [0.05, 0.1) is 0 Å². The number of nitrogens with one attached hydrogen (secondary N) is 1. The molecule has 2 rings (SSSR count). The maximum absolute atomic E-state index is 4.04. The van der Waals surface area contributed by atoms with E-state index in [9.17, 15) is 0 Å². The van der Waals surface area contributed by atoms with Crippen LogP contribution >= 0.6 is 0 Å². The fraction of sp³-hybridized carbons (Fsp3) is 0. The Morgan fingerprint density at radius 3 is 2.92 bits per heavy atom. The van der Waals surface area contributed by atoms with Gasteiger partial charge >= 0.3 is 37.7 Å². The Bertz CT molecular complexity index is 318. The molecule has 0 saturated heterocycles. The zero-order valence-electron chi connectivity index (χ0n) is 5.99. The summed E-state index contributed by atoms with van der Waals surface area (Å²) in [5.74, 6) is 0. The van der Waals surface area contributed by atoms with E-state index in [4.69, 9.17) is 0 Å². The second-order valence-corrected chi connectivity index (χ2v) is 2.33. The molecule has 0 saturated carbocycles. The summed E-state index contributed by atoms with van der Waals surface area (Å²) in [5, 5.41) is 3.12. The summed E-state index contributed by atoms with van der Waals surface area (Å²) in [4.78, 5) is 4.04. The number of benzene rings is 1. The monoisotopic (exact) mass is 186 g/mol. The van der Waals surface area contributed by atoms with Crippen LogP contribution in [0.5, 0.6) is 0 Å². The van der Waals surface area contributed by atoms with E-state index in [1.54, 1.807) is 6.20 Å². The number of aliphatic imine (C=N–C) groups is 1. The number of anilines is 1. The topological polar surface area (TPSA) is 24.4 Å². The van der Waals surface area contributed by atoms with Crippen molar-refractivity contribution in [1.82, 2.24) is 0 Å². The van der Waals surface area contributed by atoms with E-state index in [0.29, 0.717) is 0 Å². The molecule has 1 aromatic rings. The second-order valence-electron chi connectivity index (χ2n) is 2.33. The molecule has 0 aromatic heterocycles. The van der Waals surface area contributed by atoms with E-state index in [-0.39, 0.29) is 37.7 Å². The molecule has 1 aliphatic rings. The summed E-state index contributed by atoms with van der Waals surface area (Å²) >= 11 is 0. The third-order valence-electron chi connectivity index (χ3n) is 1.57. The van der Waals surface area contributed by atoms with Crippen LogP contribution in [0.4, 0.5) is 5.69 Å². The van der Waals surface area contributed by atoms with Crippen LogP contribution in [0.25, 0.3) is 0 Å². The van der Waals surface area contributed by atoms with Crippen LogP contribution < -0.4 is 5.32 Å². The minimum absolute atomic E-state index is 0. The molecule has 0 aliphatic carbocycles. The van der Waals surface area contributed by atoms with Crippen molar-refractivity contribution in [2.24, 2.45) is 4.99 Å². The van der Waals surface area contributed by atoms with E-state index in [1.165, 1.54) is 0 Å². The van der Waals surface area contributed by atoms with Crippen LogP contribution in [-0.4, -0.2) is 44.0 Å². The van der Waals surface area contributed by atoms with Gasteiger partial charge in [0.1, 0.15) is 0 Å². The molecule has 0 unspecified atom stereocenters. The van der Waals surface area contributed by atoms with Gasteiger partial charge in [0.2, 0.25) is 0 Å². The Morgan fingerprint density at radius 2 is 2.00 bits per heavy atom. The average molecular weight is 186 g/mol. The van der Waals surface area contributed by atoms with Gasteiger partial charge in [-0.15, -0.1) is 0 Å². The molecule has 0 radical (unpaired) electrons. The quantitative estimate of drug-likeness (QED) is 0.603. The van der Waals surface area contributed by atoms with E-state index in [1.807, 2.05) is 36.7 Å². The van der Waals surface area contributed by atoms with Crippen molar-refractivity contribution < 1.29 is 0 Å². The van der Waals surface area contributed by atoms with Crippen LogP contribution in [0.2, 0.25) is 0 Å². The zero-order chi connectivity index (χ0) is 7.52. The van der Waals surface area contributed by atoms with Gasteiger partial charge in [-0.25, -0.2) is 0 Å². The number of para-hydroxylation sites is 1. The van der Waals surface area contributed by atoms with Gasteiger partial charge in [0, 0.05) is 29.9 Å². The molecule has 0 bridgehead atoms. The van der Waals surface area contributed by atoms with Gasteiger partial charge < -0.3 is 5.32 Å². The van der Waals surface area contributed by atoms with Gasteiger partial charge in [0.25, 0.3) is 0 Å². The first-order chi connectivity index (χ1) is 5.47. The summed E-state index contributed by atoms with van der Waals surface area (Å²) in [6, 6.07) is 8.05. The molecule has 1 heterocycles. The standard InChI is InChI=1S/C9H8N2.Ca.2H/c1-2-4-9-8(3-1)7-10-5-6-11-9;;;/h1-7,11H;;;. The third-order valence-corrected chi connectivity index (χ3v) is 1.57. The maximum atomic E-state index is 4.04. The molecule has 1 aromatic carbocycles. The van der Waals surface area contributed by atoms with E-state index >= 15 is 0 Å². The summed E-state index contributed by atoms with van der Waals surface area (Å²) in [5.41, 5.74) is 2.22. The predicted molar refractivity (Wildman–Crippen MR) is 55.3 cm³/mol. The van der Waals surface area contributed by atoms with Gasteiger partial charge in [-0.1, -0.05) is 18.2 Å². The molecular weight excluding hydrogens is 176 g/mol. The van der Waals surface area contributed by atoms with Gasteiger partial charge in [-0.05, 0) is 6.07 Å². The van der Waals surface area contributed by atoms with Gasteiger partial charge in [-0.3, -0.25) is 4.99 Å². The molecule has 0 amide bonds. The number of rotatable bonds is 0. The number of fused-ring (bicyclic) bond motifs is 1. The normalized spacial score (nSPS) is 12.3. The number of hydrogen-bond donors (Lipinski definition) is 1. The molecule has 3 heteroatoms. The van der Waals surface area contributed by atoms with Crippen molar-refractivity contribution in [2.45, 2.75) is 0 Å². The minimum atomic E-state index is 0. The van der Waals surface area contributed by atoms with Gasteiger partial charge in [-0.2, -0.15) is 0 Å². The van der Waals surface area contributed by atoms with Crippen LogP contribution in [0.1, 0.15) is 5.56 Å². The van der Waals surface area contributed by atoms with Crippen LogP contribution in [-0.2, 0) is 0 Å². The van der Waals surface area contributed by atoms with Crippen molar-refractivity contribution in [3.05, 3.63) is 42.2 Å². The summed E-state index contributed by atoms with van der Waals surface area (Å²) in [7, 11) is 0. The first-order valence-electron chi connectivity index (χ1n) is 3.50. The van der Waals surface area contributed by atoms with Crippen molar-refractivity contribution in [3.8, 4) is 0 Å². The fourth-order valence-corrected chi connectivity index (χ4v) is 1.03. The summed E-state index contributed by atoms with van der Waals surface area (Å²) in [6.45, 7) is 0. The second kappa shape index (κ2) is 4.65. The van der Waals surface area contributed by atoms with E-state index in [0.717, 1.165) is 11.3 Å². The Morgan fingerprint density at radius 1 is 1.17 bits per heavy atom. The molecule has 0 atom stereocenters. The molecular formula is C9H10CaN2. The first kappa shape index (κ1) is 9.78. The van der Waals surface area contributed by atoms with Crippen molar-refractivity contribution in [2.75, 3.05) is 5.32 Å². The molecule has 0 fully saturated rings. The van der Waals surface area contributed by atoms with Crippen LogP contribution in [0, 0.1) is 0 Å². The molecule has 1 N–H and O–H groups in total.